The van der Waals surface area contributed by atoms with Gasteiger partial charge in [0, 0.05) is 30.6 Å². The highest BCUT2D eigenvalue weighted by Gasteiger charge is 2.72. The summed E-state index contributed by atoms with van der Waals surface area (Å²) in [4.78, 5) is 12.2. The summed E-state index contributed by atoms with van der Waals surface area (Å²) in [6, 6.07) is 8.93. The summed E-state index contributed by atoms with van der Waals surface area (Å²) in [5.41, 5.74) is -0.0320. The Morgan fingerprint density at radius 1 is 1.25 bits per heavy atom. The van der Waals surface area contributed by atoms with E-state index in [2.05, 4.69) is 0 Å². The minimum atomic E-state index is -2.50. The van der Waals surface area contributed by atoms with Crippen LogP contribution < -0.4 is 10.3 Å². The van der Waals surface area contributed by atoms with Crippen LogP contribution in [0.2, 0.25) is 0 Å². The molecule has 0 saturated heterocycles. The van der Waals surface area contributed by atoms with Crippen LogP contribution in [0.1, 0.15) is 25.7 Å². The lowest BCUT2D eigenvalue weighted by Gasteiger charge is -2.16. The van der Waals surface area contributed by atoms with Crippen LogP contribution in [-0.2, 0) is 6.54 Å². The lowest BCUT2D eigenvalue weighted by Crippen LogP contribution is -2.25. The van der Waals surface area contributed by atoms with Gasteiger partial charge in [-0.05, 0) is 49.4 Å². The van der Waals surface area contributed by atoms with Gasteiger partial charge in [-0.15, -0.1) is 0 Å². The Kier molecular flexibility index (Phi) is 3.34. The van der Waals surface area contributed by atoms with Gasteiger partial charge in [0.15, 0.2) is 0 Å². The second kappa shape index (κ2) is 5.19. The maximum absolute atomic E-state index is 13.6. The van der Waals surface area contributed by atoms with Gasteiger partial charge in [0.2, 0.25) is 0 Å². The molecule has 0 radical (unpaired) electrons. The Hall–Kier alpha value is -2.11. The molecule has 4 rings (SSSR count). The van der Waals surface area contributed by atoms with Crippen LogP contribution in [0.3, 0.4) is 0 Å². The van der Waals surface area contributed by atoms with Gasteiger partial charge >= 0.3 is 0 Å². The SMILES string of the molecule is COc1ccc(-n2ccc(=O)n2CC2CCC3(C2)CC3(F)F)cc1. The van der Waals surface area contributed by atoms with Crippen LogP contribution in [0.4, 0.5) is 8.78 Å². The first kappa shape index (κ1) is 15.4. The fraction of sp³-hybridized carbons (Fsp3) is 0.500. The third kappa shape index (κ3) is 2.36. The summed E-state index contributed by atoms with van der Waals surface area (Å²) in [5, 5.41) is 0. The predicted octanol–water partition coefficient (Wildman–Crippen LogP) is 3.47. The van der Waals surface area contributed by atoms with E-state index in [-0.39, 0.29) is 17.9 Å². The van der Waals surface area contributed by atoms with Crippen molar-refractivity contribution >= 4 is 0 Å². The zero-order valence-corrected chi connectivity index (χ0v) is 13.5. The van der Waals surface area contributed by atoms with Crippen LogP contribution >= 0.6 is 0 Å². The van der Waals surface area contributed by atoms with Gasteiger partial charge in [0.25, 0.3) is 11.5 Å². The zero-order chi connectivity index (χ0) is 16.9. The van der Waals surface area contributed by atoms with E-state index < -0.39 is 11.3 Å². The molecule has 6 heteroatoms. The van der Waals surface area contributed by atoms with Crippen molar-refractivity contribution in [3.8, 4) is 11.4 Å². The molecule has 2 atom stereocenters. The van der Waals surface area contributed by atoms with Gasteiger partial charge in [0.05, 0.1) is 12.8 Å². The van der Waals surface area contributed by atoms with Gasteiger partial charge in [-0.1, -0.05) is 0 Å². The van der Waals surface area contributed by atoms with E-state index in [1.807, 2.05) is 24.3 Å². The molecule has 0 amide bonds. The zero-order valence-electron chi connectivity index (χ0n) is 13.5. The Labute approximate surface area is 138 Å². The summed E-state index contributed by atoms with van der Waals surface area (Å²) < 4.78 is 35.7. The molecule has 2 saturated carbocycles. The smallest absolute Gasteiger partial charge is 0.266 e. The number of methoxy groups -OCH3 is 1. The molecule has 2 aromatic rings. The van der Waals surface area contributed by atoms with Crippen molar-refractivity contribution in [2.45, 2.75) is 38.2 Å². The highest BCUT2D eigenvalue weighted by molar-refractivity contribution is 5.36. The summed E-state index contributed by atoms with van der Waals surface area (Å²) >= 11 is 0. The van der Waals surface area contributed by atoms with Crippen molar-refractivity contribution in [1.82, 2.24) is 9.36 Å². The molecule has 0 bridgehead atoms. The molecule has 2 fully saturated rings. The summed E-state index contributed by atoms with van der Waals surface area (Å²) in [7, 11) is 1.60. The average molecular weight is 334 g/mol. The van der Waals surface area contributed by atoms with Gasteiger partial charge in [0.1, 0.15) is 5.75 Å². The molecule has 1 heterocycles. The first-order valence-corrected chi connectivity index (χ1v) is 8.25. The van der Waals surface area contributed by atoms with Gasteiger partial charge in [-0.3, -0.25) is 9.48 Å². The number of aromatic nitrogens is 2. The molecule has 2 aliphatic carbocycles. The lowest BCUT2D eigenvalue weighted by molar-refractivity contribution is 0.0640. The number of ether oxygens (including phenoxy) is 1. The number of benzene rings is 1. The molecule has 128 valence electrons. The fourth-order valence-electron chi connectivity index (χ4n) is 4.06. The number of rotatable bonds is 4. The molecular weight excluding hydrogens is 314 g/mol. The molecule has 4 nitrogen and oxygen atoms in total. The molecule has 1 aromatic heterocycles. The van der Waals surface area contributed by atoms with E-state index in [9.17, 15) is 13.6 Å². The minimum Gasteiger partial charge on any atom is -0.497 e. The number of alkyl halides is 2. The van der Waals surface area contributed by atoms with Crippen LogP contribution in [-0.4, -0.2) is 22.4 Å². The molecular formula is C18H20F2N2O2. The maximum atomic E-state index is 13.6. The van der Waals surface area contributed by atoms with E-state index in [0.717, 1.165) is 17.9 Å². The molecule has 0 N–H and O–H groups in total. The number of nitrogens with zero attached hydrogens (tertiary/aromatic N) is 2. The Balaban J connectivity index is 1.56. The quantitative estimate of drug-likeness (QED) is 0.858. The monoisotopic (exact) mass is 334 g/mol. The third-order valence-electron chi connectivity index (χ3n) is 5.56. The van der Waals surface area contributed by atoms with Crippen LogP contribution in [0, 0.1) is 11.3 Å². The van der Waals surface area contributed by atoms with E-state index in [0.29, 0.717) is 19.4 Å². The minimum absolute atomic E-state index is 0.0187. The topological polar surface area (TPSA) is 36.2 Å². The molecule has 1 aromatic carbocycles. The normalized spacial score (nSPS) is 27.5. The van der Waals surface area contributed by atoms with Crippen molar-refractivity contribution in [2.24, 2.45) is 11.3 Å². The molecule has 2 aliphatic rings. The first-order chi connectivity index (χ1) is 11.4. The van der Waals surface area contributed by atoms with Crippen LogP contribution in [0.5, 0.6) is 5.75 Å². The average Bonchev–Trinajstić information content (AvgIpc) is 2.88. The van der Waals surface area contributed by atoms with Crippen molar-refractivity contribution < 1.29 is 13.5 Å². The fourth-order valence-corrected chi connectivity index (χ4v) is 4.06. The highest BCUT2D eigenvalue weighted by atomic mass is 19.3. The van der Waals surface area contributed by atoms with E-state index in [1.165, 1.54) is 6.07 Å². The van der Waals surface area contributed by atoms with Gasteiger partial charge in [-0.25, -0.2) is 13.5 Å². The largest absolute Gasteiger partial charge is 0.497 e. The van der Waals surface area contributed by atoms with Gasteiger partial charge in [-0.2, -0.15) is 0 Å². The lowest BCUT2D eigenvalue weighted by atomic mass is 10.0. The van der Waals surface area contributed by atoms with E-state index in [1.54, 1.807) is 22.7 Å². The van der Waals surface area contributed by atoms with Crippen molar-refractivity contribution in [1.29, 1.82) is 0 Å². The predicted molar refractivity (Wildman–Crippen MR) is 85.9 cm³/mol. The summed E-state index contributed by atoms with van der Waals surface area (Å²) in [5.74, 6) is -1.62. The summed E-state index contributed by atoms with van der Waals surface area (Å²) in [6.45, 7) is 0.482. The van der Waals surface area contributed by atoms with Crippen LogP contribution in [0.15, 0.2) is 41.3 Å². The first-order valence-electron chi connectivity index (χ1n) is 8.25. The molecule has 24 heavy (non-hydrogen) atoms. The Morgan fingerprint density at radius 3 is 2.54 bits per heavy atom. The number of hydrogen-bond donors (Lipinski definition) is 0. The maximum Gasteiger partial charge on any atom is 0.266 e. The van der Waals surface area contributed by atoms with Gasteiger partial charge < -0.3 is 4.74 Å². The second-order valence-corrected chi connectivity index (χ2v) is 7.05. The van der Waals surface area contributed by atoms with Crippen LogP contribution in [0.25, 0.3) is 5.69 Å². The molecule has 2 unspecified atom stereocenters. The molecule has 0 aliphatic heterocycles. The van der Waals surface area contributed by atoms with Crippen molar-refractivity contribution in [2.75, 3.05) is 7.11 Å². The number of hydrogen-bond acceptors (Lipinski definition) is 2. The highest BCUT2D eigenvalue weighted by Crippen LogP contribution is 2.69. The Morgan fingerprint density at radius 2 is 1.96 bits per heavy atom. The number of halogens is 2. The third-order valence-corrected chi connectivity index (χ3v) is 5.56. The van der Waals surface area contributed by atoms with Crippen molar-refractivity contribution in [3.05, 3.63) is 46.9 Å². The molecule has 1 spiro atoms. The summed E-state index contributed by atoms with van der Waals surface area (Å²) in [6.07, 6.45) is 3.59. The second-order valence-electron chi connectivity index (χ2n) is 7.05. The Bertz CT molecular complexity index is 809. The van der Waals surface area contributed by atoms with E-state index in [4.69, 9.17) is 4.74 Å². The van der Waals surface area contributed by atoms with E-state index >= 15 is 0 Å². The standard InChI is InChI=1S/C18H20F2N2O2/c1-24-15-4-2-14(3-5-15)21-9-7-16(23)22(21)11-13-6-8-17(10-13)12-18(17,19)20/h2-5,7,9,13H,6,8,10-12H2,1H3. The van der Waals surface area contributed by atoms with Crippen molar-refractivity contribution in [3.63, 3.8) is 0 Å².